The number of alkyl halides is 6. The maximum atomic E-state index is 11.6. The molecular formula is C14H22F6N6O8. The topological polar surface area (TPSA) is 275 Å². The van der Waals surface area contributed by atoms with E-state index in [4.69, 9.17) is 47.8 Å². The molecule has 198 valence electrons. The summed E-state index contributed by atoms with van der Waals surface area (Å²) in [6, 6.07) is -2.30. The number of carbonyl (C=O) groups is 5. The summed E-state index contributed by atoms with van der Waals surface area (Å²) in [5, 5.41) is 25.4. The highest BCUT2D eigenvalue weighted by Crippen LogP contribution is 2.13. The van der Waals surface area contributed by atoms with Crippen LogP contribution in [0.3, 0.4) is 0 Å². The average Bonchev–Trinajstić information content (AvgIpc) is 2.62. The molecule has 0 aromatic carbocycles. The smallest absolute Gasteiger partial charge is 0.480 e. The largest absolute Gasteiger partial charge is 0.490 e. The normalized spacial score (nSPS) is 12.3. The number of carboxylic acid groups (broad SMARTS) is 3. The lowest BCUT2D eigenvalue weighted by Crippen LogP contribution is -2.49. The van der Waals surface area contributed by atoms with Crippen LogP contribution < -0.4 is 28.3 Å². The first kappa shape index (κ1) is 34.8. The summed E-state index contributed by atoms with van der Waals surface area (Å²) in [5.74, 6) is -8.32. The summed E-state index contributed by atoms with van der Waals surface area (Å²) in [6.07, 6.45) is -10.0. The number of rotatable bonds is 9. The number of aliphatic carboxylic acids is 3. The van der Waals surface area contributed by atoms with Gasteiger partial charge in [-0.15, -0.1) is 0 Å². The van der Waals surface area contributed by atoms with E-state index in [2.05, 4.69) is 10.3 Å². The van der Waals surface area contributed by atoms with Gasteiger partial charge in [0.15, 0.2) is 5.96 Å². The molecule has 0 bridgehead atoms. The van der Waals surface area contributed by atoms with Crippen molar-refractivity contribution in [3.63, 3.8) is 0 Å². The predicted molar refractivity (Wildman–Crippen MR) is 98.6 cm³/mol. The predicted octanol–water partition coefficient (Wildman–Crippen LogP) is -1.92. The molecule has 0 spiro atoms. The highest BCUT2D eigenvalue weighted by Gasteiger charge is 2.38. The van der Waals surface area contributed by atoms with Gasteiger partial charge in [0.05, 0.1) is 12.5 Å². The lowest BCUT2D eigenvalue weighted by atomic mass is 10.1. The van der Waals surface area contributed by atoms with Crippen LogP contribution in [0.25, 0.3) is 0 Å². The fourth-order valence-electron chi connectivity index (χ4n) is 1.35. The van der Waals surface area contributed by atoms with E-state index in [0.29, 0.717) is 6.42 Å². The highest BCUT2D eigenvalue weighted by atomic mass is 19.4. The number of nitrogens with one attached hydrogen (secondary N) is 1. The van der Waals surface area contributed by atoms with E-state index in [0.717, 1.165) is 0 Å². The number of hydrogen-bond donors (Lipinski definition) is 8. The second-order valence-corrected chi connectivity index (χ2v) is 5.73. The molecule has 0 aromatic heterocycles. The van der Waals surface area contributed by atoms with Crippen LogP contribution in [0.5, 0.6) is 0 Å². The van der Waals surface area contributed by atoms with Gasteiger partial charge in [0, 0.05) is 6.54 Å². The Hall–Kier alpha value is -3.84. The first-order valence-corrected chi connectivity index (χ1v) is 8.35. The number of halogens is 6. The highest BCUT2D eigenvalue weighted by molar-refractivity contribution is 5.90. The molecule has 2 amide bonds. The first-order chi connectivity index (χ1) is 15.1. The third-order valence-corrected chi connectivity index (χ3v) is 2.80. The molecule has 0 unspecified atom stereocenters. The van der Waals surface area contributed by atoms with Gasteiger partial charge in [-0.25, -0.2) is 14.4 Å². The quantitative estimate of drug-likeness (QED) is 0.0723. The summed E-state index contributed by atoms with van der Waals surface area (Å²) < 4.78 is 63.5. The van der Waals surface area contributed by atoms with E-state index < -0.39 is 54.2 Å². The molecule has 0 saturated carbocycles. The van der Waals surface area contributed by atoms with Gasteiger partial charge in [-0.2, -0.15) is 26.3 Å². The number of aliphatic imine (C=N–C) groups is 1. The lowest BCUT2D eigenvalue weighted by Gasteiger charge is -2.16. The number of carbonyl (C=O) groups excluding carboxylic acids is 2. The summed E-state index contributed by atoms with van der Waals surface area (Å²) >= 11 is 0. The molecule has 0 aromatic rings. The Balaban J connectivity index is -0.000000558. The number of primary amides is 1. The molecule has 14 nitrogen and oxygen atoms in total. The number of hydrogen-bond acceptors (Lipinski definition) is 7. The van der Waals surface area contributed by atoms with Gasteiger partial charge in [0.25, 0.3) is 0 Å². The van der Waals surface area contributed by atoms with Crippen molar-refractivity contribution >= 4 is 35.7 Å². The maximum Gasteiger partial charge on any atom is 0.490 e. The van der Waals surface area contributed by atoms with E-state index >= 15 is 0 Å². The molecule has 0 aliphatic heterocycles. The van der Waals surface area contributed by atoms with Gasteiger partial charge < -0.3 is 43.6 Å². The molecule has 2 atom stereocenters. The van der Waals surface area contributed by atoms with Crippen molar-refractivity contribution in [2.75, 3.05) is 6.54 Å². The average molecular weight is 516 g/mol. The molecule has 0 aliphatic rings. The fraction of sp³-hybridized carbons (Fsp3) is 0.571. The van der Waals surface area contributed by atoms with Crippen molar-refractivity contribution in [1.29, 1.82) is 0 Å². The van der Waals surface area contributed by atoms with Crippen LogP contribution in [-0.4, -0.2) is 82.0 Å². The van der Waals surface area contributed by atoms with Gasteiger partial charge in [0.1, 0.15) is 6.04 Å². The zero-order valence-electron chi connectivity index (χ0n) is 16.9. The monoisotopic (exact) mass is 516 g/mol. The van der Waals surface area contributed by atoms with Gasteiger partial charge in [0.2, 0.25) is 11.8 Å². The Labute approximate surface area is 185 Å². The molecule has 0 rings (SSSR count). The molecule has 12 N–H and O–H groups in total. The van der Waals surface area contributed by atoms with E-state index in [9.17, 15) is 40.7 Å². The third-order valence-electron chi connectivity index (χ3n) is 2.80. The molecule has 0 heterocycles. The van der Waals surface area contributed by atoms with Crippen molar-refractivity contribution < 1.29 is 65.6 Å². The maximum absolute atomic E-state index is 11.6. The van der Waals surface area contributed by atoms with Crippen LogP contribution >= 0.6 is 0 Å². The van der Waals surface area contributed by atoms with E-state index in [1.807, 2.05) is 0 Å². The molecule has 0 fully saturated rings. The standard InChI is InChI=1S/C10H20N6O4.2C2HF3O2/c11-5(4-7(12)17)8(18)16-6(9(19)20)2-1-3-15-10(13)14;2*3-2(4,5)1(6)7/h5-6H,1-4,11H2,(H2,12,17)(H,16,18)(H,19,20)(H4,13,14,15);2*(H,6,7)/t5-,6-;;/m0../s1. The first-order valence-electron chi connectivity index (χ1n) is 8.35. The molecule has 0 radical (unpaired) electrons. The van der Waals surface area contributed by atoms with Gasteiger partial charge in [-0.3, -0.25) is 14.6 Å². The Morgan fingerprint density at radius 1 is 0.853 bits per heavy atom. The minimum absolute atomic E-state index is 0.0932. The molecule has 0 aliphatic carbocycles. The Bertz CT molecular complexity index is 715. The third kappa shape index (κ3) is 21.4. The lowest BCUT2D eigenvalue weighted by molar-refractivity contribution is -0.193. The van der Waals surface area contributed by atoms with Crippen LogP contribution in [0.4, 0.5) is 26.3 Å². The van der Waals surface area contributed by atoms with Gasteiger partial charge >= 0.3 is 30.3 Å². The molecule has 0 saturated heterocycles. The summed E-state index contributed by atoms with van der Waals surface area (Å²) in [6.45, 7) is 0.245. The number of nitrogens with zero attached hydrogens (tertiary/aromatic N) is 1. The number of carboxylic acids is 3. The zero-order valence-corrected chi connectivity index (χ0v) is 16.9. The minimum Gasteiger partial charge on any atom is -0.480 e. The Morgan fingerprint density at radius 2 is 1.24 bits per heavy atom. The minimum atomic E-state index is -5.08. The van der Waals surface area contributed by atoms with E-state index in [-0.39, 0.29) is 25.3 Å². The van der Waals surface area contributed by atoms with Gasteiger partial charge in [-0.1, -0.05) is 0 Å². The second-order valence-electron chi connectivity index (χ2n) is 5.73. The van der Waals surface area contributed by atoms with Crippen molar-refractivity contribution in [3.05, 3.63) is 0 Å². The Morgan fingerprint density at radius 3 is 1.50 bits per heavy atom. The van der Waals surface area contributed by atoms with Crippen LogP contribution in [-0.2, 0) is 24.0 Å². The summed E-state index contributed by atoms with van der Waals surface area (Å²) in [4.78, 5) is 54.6. The van der Waals surface area contributed by atoms with E-state index in [1.165, 1.54) is 0 Å². The summed E-state index contributed by atoms with van der Waals surface area (Å²) in [5.41, 5.74) is 20.5. The number of guanidine groups is 1. The molecule has 34 heavy (non-hydrogen) atoms. The molecule has 20 heteroatoms. The van der Waals surface area contributed by atoms with Gasteiger partial charge in [-0.05, 0) is 12.8 Å². The van der Waals surface area contributed by atoms with Crippen molar-refractivity contribution in [2.45, 2.75) is 43.7 Å². The van der Waals surface area contributed by atoms with Crippen LogP contribution in [0.15, 0.2) is 4.99 Å². The van der Waals surface area contributed by atoms with Crippen LogP contribution in [0.1, 0.15) is 19.3 Å². The van der Waals surface area contributed by atoms with E-state index in [1.54, 1.807) is 0 Å². The second kappa shape index (κ2) is 15.9. The van der Waals surface area contributed by atoms with Crippen LogP contribution in [0, 0.1) is 0 Å². The number of nitrogens with two attached hydrogens (primary N) is 4. The SMILES string of the molecule is NC(=O)C[C@H](N)C(=O)N[C@@H](CCCN=C(N)N)C(=O)O.O=C(O)C(F)(F)F.O=C(O)C(F)(F)F. The number of amides is 2. The summed E-state index contributed by atoms with van der Waals surface area (Å²) in [7, 11) is 0. The van der Waals surface area contributed by atoms with Crippen molar-refractivity contribution in [3.8, 4) is 0 Å². The Kier molecular flexibility index (Phi) is 16.2. The van der Waals surface area contributed by atoms with Crippen molar-refractivity contribution in [2.24, 2.45) is 27.9 Å². The van der Waals surface area contributed by atoms with Crippen molar-refractivity contribution in [1.82, 2.24) is 5.32 Å². The molecular weight excluding hydrogens is 494 g/mol. The zero-order chi connectivity index (χ0) is 27.9. The van der Waals surface area contributed by atoms with Crippen LogP contribution in [0.2, 0.25) is 0 Å². The fourth-order valence-corrected chi connectivity index (χ4v) is 1.35.